The van der Waals surface area contributed by atoms with Crippen LogP contribution < -0.4 is 16.4 Å². The Morgan fingerprint density at radius 1 is 0.604 bits per heavy atom. The fourth-order valence-electron chi connectivity index (χ4n) is 3.05. The molecule has 0 saturated carbocycles. The second-order valence-electron chi connectivity index (χ2n) is 8.53. The van der Waals surface area contributed by atoms with Gasteiger partial charge in [-0.15, -0.1) is 0 Å². The first kappa shape index (κ1) is 41.3. The minimum absolute atomic E-state index is 0.00766. The van der Waals surface area contributed by atoms with Gasteiger partial charge in [-0.1, -0.05) is 0 Å². The second-order valence-corrected chi connectivity index (χ2v) is 16.2. The molecular formula is C22H19Cl3N6O14S3. The van der Waals surface area contributed by atoms with Gasteiger partial charge in [-0.2, -0.15) is 0 Å². The molecule has 0 spiro atoms. The highest BCUT2D eigenvalue weighted by Crippen LogP contribution is 2.35. The molecule has 3 aromatic rings. The summed E-state index contributed by atoms with van der Waals surface area (Å²) in [6, 6.07) is 9.67. The van der Waals surface area contributed by atoms with Crippen LogP contribution in [0.15, 0.2) is 69.3 Å². The highest BCUT2D eigenvalue weighted by Gasteiger charge is 2.28. The van der Waals surface area contributed by atoms with Crippen LogP contribution in [0.4, 0.5) is 34.1 Å². The summed E-state index contributed by atoms with van der Waals surface area (Å²) in [5, 5.41) is 36.5. The maximum absolute atomic E-state index is 11.0. The molecule has 3 aromatic carbocycles. The van der Waals surface area contributed by atoms with Gasteiger partial charge in [-0.05, 0) is 36.4 Å². The molecule has 26 heteroatoms. The Morgan fingerprint density at radius 2 is 0.958 bits per heavy atom. The number of nitro groups is 3. The normalized spacial score (nSPS) is 11.0. The van der Waals surface area contributed by atoms with Crippen molar-refractivity contribution >= 4 is 105 Å². The highest BCUT2D eigenvalue weighted by molar-refractivity contribution is 8.14. The quantitative estimate of drug-likeness (QED) is 0.125. The van der Waals surface area contributed by atoms with Crippen LogP contribution in [0.3, 0.4) is 0 Å². The molecule has 48 heavy (non-hydrogen) atoms. The van der Waals surface area contributed by atoms with E-state index in [0.29, 0.717) is 17.8 Å². The number of nitro benzene ring substituents is 3. The molecule has 2 amide bonds. The maximum atomic E-state index is 11.0. The maximum Gasteiger partial charge on any atom is 0.300 e. The van der Waals surface area contributed by atoms with Gasteiger partial charge in [0.25, 0.3) is 32.8 Å². The summed E-state index contributed by atoms with van der Waals surface area (Å²) in [4.78, 5) is 49.2. The first-order chi connectivity index (χ1) is 21.7. The van der Waals surface area contributed by atoms with Crippen LogP contribution in [0, 0.1) is 30.3 Å². The molecule has 0 bridgehead atoms. The molecule has 0 radical (unpaired) electrons. The summed E-state index contributed by atoms with van der Waals surface area (Å²) in [6.45, 7) is 2.54. The van der Waals surface area contributed by atoms with Crippen molar-refractivity contribution in [1.29, 1.82) is 0 Å². The Hall–Kier alpha value is -4.68. The lowest BCUT2D eigenvalue weighted by atomic mass is 10.2. The predicted octanol–water partition coefficient (Wildman–Crippen LogP) is 4.07. The van der Waals surface area contributed by atoms with E-state index in [9.17, 15) is 65.2 Å². The molecule has 0 fully saturated rings. The van der Waals surface area contributed by atoms with Crippen molar-refractivity contribution in [1.82, 2.24) is 0 Å². The molecule has 3 rings (SSSR count). The number of carbonyl (C=O) groups is 2. The summed E-state index contributed by atoms with van der Waals surface area (Å²) < 4.78 is 65.6. The van der Waals surface area contributed by atoms with Gasteiger partial charge in [0, 0.05) is 69.8 Å². The van der Waals surface area contributed by atoms with Crippen molar-refractivity contribution in [3.63, 3.8) is 0 Å². The number of carbonyl (C=O) groups excluding carboxylic acids is 2. The van der Waals surface area contributed by atoms with Crippen molar-refractivity contribution in [2.45, 2.75) is 28.5 Å². The van der Waals surface area contributed by atoms with Gasteiger partial charge in [0.15, 0.2) is 5.69 Å². The van der Waals surface area contributed by atoms with Gasteiger partial charge in [-0.3, -0.25) is 39.9 Å². The largest absolute Gasteiger partial charge is 0.387 e. The van der Waals surface area contributed by atoms with E-state index in [1.807, 2.05) is 0 Å². The van der Waals surface area contributed by atoms with E-state index < -0.39 is 80.4 Å². The number of anilines is 3. The van der Waals surface area contributed by atoms with Crippen molar-refractivity contribution in [2.75, 3.05) is 16.4 Å². The van der Waals surface area contributed by atoms with Gasteiger partial charge in [-0.25, -0.2) is 25.3 Å². The number of hydrogen-bond acceptors (Lipinski definition) is 15. The van der Waals surface area contributed by atoms with Gasteiger partial charge >= 0.3 is 11.4 Å². The van der Waals surface area contributed by atoms with Crippen LogP contribution in [-0.4, -0.2) is 51.8 Å². The summed E-state index contributed by atoms with van der Waals surface area (Å²) in [6.07, 6.45) is 0. The molecule has 0 saturated heterocycles. The molecule has 260 valence electrons. The Balaban J connectivity index is 0.000000362. The average Bonchev–Trinajstić information content (AvgIpc) is 2.91. The molecule has 0 aliphatic carbocycles. The third-order valence-electron chi connectivity index (χ3n) is 5.00. The summed E-state index contributed by atoms with van der Waals surface area (Å²) in [5.41, 5.74) is 2.56. The van der Waals surface area contributed by atoms with E-state index in [1.54, 1.807) is 0 Å². The third-order valence-corrected chi connectivity index (χ3v) is 9.05. The minimum atomic E-state index is -4.32. The molecule has 0 aliphatic heterocycles. The summed E-state index contributed by atoms with van der Waals surface area (Å²) in [5.74, 6) is -0.721. The number of hydrogen-bond donors (Lipinski definition) is 3. The lowest BCUT2D eigenvalue weighted by molar-refractivity contribution is -0.392. The average molecular weight is 794 g/mol. The van der Waals surface area contributed by atoms with Crippen LogP contribution in [-0.2, 0) is 36.7 Å². The number of nitrogens with two attached hydrogens (primary N) is 1. The van der Waals surface area contributed by atoms with Crippen LogP contribution in [0.2, 0.25) is 0 Å². The van der Waals surface area contributed by atoms with E-state index in [1.165, 1.54) is 38.1 Å². The van der Waals surface area contributed by atoms with Crippen LogP contribution in [0.1, 0.15) is 13.8 Å². The van der Waals surface area contributed by atoms with Gasteiger partial charge in [0.2, 0.25) is 11.8 Å². The third kappa shape index (κ3) is 12.8. The fraction of sp³-hybridized carbons (Fsp3) is 0.0909. The summed E-state index contributed by atoms with van der Waals surface area (Å²) >= 11 is 0. The Morgan fingerprint density at radius 3 is 1.29 bits per heavy atom. The summed E-state index contributed by atoms with van der Waals surface area (Å²) in [7, 11) is 3.05. The van der Waals surface area contributed by atoms with Crippen LogP contribution in [0.25, 0.3) is 0 Å². The molecule has 20 nitrogen and oxygen atoms in total. The Kier molecular flexibility index (Phi) is 14.1. The number of benzene rings is 3. The van der Waals surface area contributed by atoms with Crippen molar-refractivity contribution in [3.8, 4) is 0 Å². The van der Waals surface area contributed by atoms with E-state index in [2.05, 4.69) is 10.6 Å². The van der Waals surface area contributed by atoms with Gasteiger partial charge in [0.05, 0.1) is 29.5 Å². The van der Waals surface area contributed by atoms with Crippen molar-refractivity contribution in [2.24, 2.45) is 0 Å². The number of nitrogen functional groups attached to an aromatic ring is 1. The van der Waals surface area contributed by atoms with E-state index >= 15 is 0 Å². The zero-order valence-electron chi connectivity index (χ0n) is 23.7. The monoisotopic (exact) mass is 792 g/mol. The Labute approximate surface area is 283 Å². The van der Waals surface area contributed by atoms with Crippen molar-refractivity contribution < 1.29 is 49.6 Å². The minimum Gasteiger partial charge on any atom is -0.387 e. The number of halogens is 3. The van der Waals surface area contributed by atoms with E-state index in [4.69, 9.17) is 37.8 Å². The zero-order valence-corrected chi connectivity index (χ0v) is 28.4. The van der Waals surface area contributed by atoms with Crippen molar-refractivity contribution in [3.05, 3.63) is 84.9 Å². The van der Waals surface area contributed by atoms with E-state index in [-0.39, 0.29) is 16.5 Å². The van der Waals surface area contributed by atoms with Gasteiger partial charge in [0.1, 0.15) is 5.69 Å². The van der Waals surface area contributed by atoms with Crippen LogP contribution in [0.5, 0.6) is 0 Å². The number of amides is 2. The number of rotatable bonds is 8. The van der Waals surface area contributed by atoms with Crippen LogP contribution >= 0.6 is 32.0 Å². The van der Waals surface area contributed by atoms with E-state index in [0.717, 1.165) is 18.2 Å². The predicted molar refractivity (Wildman–Crippen MR) is 171 cm³/mol. The topological polar surface area (TPSA) is 316 Å². The molecular weight excluding hydrogens is 775 g/mol. The molecule has 0 heterocycles. The molecule has 4 N–H and O–H groups in total. The lowest BCUT2D eigenvalue weighted by Gasteiger charge is -2.04. The Bertz CT molecular complexity index is 2080. The van der Waals surface area contributed by atoms with Gasteiger partial charge < -0.3 is 16.4 Å². The number of nitrogens with zero attached hydrogens (tertiary/aromatic N) is 3. The standard InChI is InChI=1S/C8H7ClN2O5S.C8H8ClNO3S.C6H4ClN3O6S/c1-5(12)10-7-3-2-6(17(9,15)16)4-8(7)11(13)14;1-6(11)10-7-2-4-8(5-3-7)14(9,12)13;7-17(15,16)3-1-4(9(11)12)6(8)5(2-3)10(13)14/h2-4H,1H3,(H,10,12);2-5H,1H3,(H,10,11);1-2H,8H2. The SMILES string of the molecule is CC(=O)Nc1ccc(S(=O)(=O)Cl)cc1.CC(=O)Nc1ccc(S(=O)(=O)Cl)cc1[N+](=O)[O-].Nc1c([N+](=O)[O-])cc(S(=O)(=O)Cl)cc1[N+](=O)[O-]. The first-order valence-electron chi connectivity index (χ1n) is 11.8. The number of nitrogens with one attached hydrogen (secondary N) is 2. The molecule has 0 aromatic heterocycles. The first-order valence-corrected chi connectivity index (χ1v) is 18.7. The lowest BCUT2D eigenvalue weighted by Crippen LogP contribution is -2.08. The molecule has 0 atom stereocenters. The zero-order chi connectivity index (χ0) is 37.4. The fourth-order valence-corrected chi connectivity index (χ4v) is 5.37. The molecule has 0 unspecified atom stereocenters. The second kappa shape index (κ2) is 16.4. The highest BCUT2D eigenvalue weighted by atomic mass is 35.7. The molecule has 0 aliphatic rings. The smallest absolute Gasteiger partial charge is 0.300 e.